The fraction of sp³-hybridized carbons (Fsp3) is 0.556. The summed E-state index contributed by atoms with van der Waals surface area (Å²) in [7, 11) is 3.64. The molecule has 0 bridgehead atoms. The van der Waals surface area contributed by atoms with Crippen molar-refractivity contribution in [3.63, 3.8) is 0 Å². The molecule has 1 fully saturated rings. The molecule has 1 aliphatic heterocycles. The molecule has 1 saturated heterocycles. The molecule has 1 aliphatic rings. The number of carboxylic acids is 1. The lowest BCUT2D eigenvalue weighted by Crippen LogP contribution is -2.37. The maximum Gasteiger partial charge on any atom is 0.308 e. The minimum Gasteiger partial charge on any atom is -0.497 e. The minimum absolute atomic E-state index is 0.0340. The maximum absolute atomic E-state index is 12.2. The number of ether oxygens (including phenoxy) is 1. The Morgan fingerprint density at radius 1 is 1.20 bits per heavy atom. The van der Waals surface area contributed by atoms with E-state index in [0.29, 0.717) is 18.0 Å². The Morgan fingerprint density at radius 2 is 1.92 bits per heavy atom. The number of nitrogens with zero attached hydrogens (tertiary/aromatic N) is 2. The highest BCUT2D eigenvalue weighted by atomic mass is 16.5. The van der Waals surface area contributed by atoms with E-state index in [-0.39, 0.29) is 12.3 Å². The molecular formula is C18H27N3O4. The Bertz CT molecular complexity index is 576. The molecule has 1 atom stereocenters. The van der Waals surface area contributed by atoms with Gasteiger partial charge in [0.15, 0.2) is 0 Å². The number of nitrogens with one attached hydrogen (secondary N) is 1. The number of amides is 1. The van der Waals surface area contributed by atoms with Crippen LogP contribution in [-0.4, -0.2) is 73.7 Å². The summed E-state index contributed by atoms with van der Waals surface area (Å²) >= 11 is 0. The molecule has 1 unspecified atom stereocenters. The second-order valence-electron chi connectivity index (χ2n) is 6.47. The Kier molecular flexibility index (Phi) is 7.21. The SMILES string of the molecule is COc1ccc(NC(=O)CC(CN2CCCN(C)CC2)C(=O)O)cc1. The van der Waals surface area contributed by atoms with Crippen LogP contribution >= 0.6 is 0 Å². The molecule has 1 aromatic rings. The van der Waals surface area contributed by atoms with Gasteiger partial charge in [0.2, 0.25) is 5.91 Å². The third-order valence-electron chi connectivity index (χ3n) is 4.45. The van der Waals surface area contributed by atoms with Crippen molar-refractivity contribution < 1.29 is 19.4 Å². The van der Waals surface area contributed by atoms with E-state index in [0.717, 1.165) is 32.6 Å². The van der Waals surface area contributed by atoms with Crippen LogP contribution in [0.2, 0.25) is 0 Å². The normalized spacial score (nSPS) is 17.5. The van der Waals surface area contributed by atoms with Crippen LogP contribution in [0.15, 0.2) is 24.3 Å². The van der Waals surface area contributed by atoms with Gasteiger partial charge in [0, 0.05) is 31.7 Å². The van der Waals surface area contributed by atoms with E-state index in [1.807, 2.05) is 0 Å². The van der Waals surface area contributed by atoms with Crippen LogP contribution < -0.4 is 10.1 Å². The monoisotopic (exact) mass is 349 g/mol. The molecule has 25 heavy (non-hydrogen) atoms. The van der Waals surface area contributed by atoms with Gasteiger partial charge in [-0.25, -0.2) is 0 Å². The van der Waals surface area contributed by atoms with E-state index < -0.39 is 11.9 Å². The van der Waals surface area contributed by atoms with Gasteiger partial charge in [0.1, 0.15) is 5.75 Å². The van der Waals surface area contributed by atoms with Crippen LogP contribution in [0.1, 0.15) is 12.8 Å². The van der Waals surface area contributed by atoms with E-state index in [1.54, 1.807) is 31.4 Å². The first-order valence-corrected chi connectivity index (χ1v) is 8.55. The molecule has 2 N–H and O–H groups in total. The summed E-state index contributed by atoms with van der Waals surface area (Å²) in [6.07, 6.45) is 0.981. The number of aliphatic carboxylic acids is 1. The van der Waals surface area contributed by atoms with Crippen LogP contribution in [0.3, 0.4) is 0 Å². The van der Waals surface area contributed by atoms with Crippen molar-refractivity contribution in [1.29, 1.82) is 0 Å². The number of carboxylic acid groups (broad SMARTS) is 1. The molecule has 0 radical (unpaired) electrons. The zero-order valence-electron chi connectivity index (χ0n) is 14.9. The predicted molar refractivity (Wildman–Crippen MR) is 95.9 cm³/mol. The van der Waals surface area contributed by atoms with Crippen molar-refractivity contribution in [1.82, 2.24) is 9.80 Å². The Morgan fingerprint density at radius 3 is 2.56 bits per heavy atom. The molecule has 1 heterocycles. The summed E-state index contributed by atoms with van der Waals surface area (Å²) in [6, 6.07) is 6.96. The smallest absolute Gasteiger partial charge is 0.308 e. The van der Waals surface area contributed by atoms with Crippen molar-refractivity contribution >= 4 is 17.6 Å². The summed E-state index contributed by atoms with van der Waals surface area (Å²) in [5.41, 5.74) is 0.631. The summed E-state index contributed by atoms with van der Waals surface area (Å²) < 4.78 is 5.07. The van der Waals surface area contributed by atoms with E-state index in [4.69, 9.17) is 4.74 Å². The molecule has 1 aromatic carbocycles. The number of carbonyl (C=O) groups is 2. The average molecular weight is 349 g/mol. The fourth-order valence-corrected chi connectivity index (χ4v) is 2.93. The quantitative estimate of drug-likeness (QED) is 0.774. The van der Waals surface area contributed by atoms with Crippen molar-refractivity contribution in [3.05, 3.63) is 24.3 Å². The number of methoxy groups -OCH3 is 1. The Labute approximate surface area is 148 Å². The second-order valence-corrected chi connectivity index (χ2v) is 6.47. The molecule has 7 nitrogen and oxygen atoms in total. The molecule has 1 amide bonds. The van der Waals surface area contributed by atoms with E-state index >= 15 is 0 Å². The number of anilines is 1. The first-order valence-electron chi connectivity index (χ1n) is 8.55. The van der Waals surface area contributed by atoms with Gasteiger partial charge >= 0.3 is 5.97 Å². The van der Waals surface area contributed by atoms with Gasteiger partial charge in [0.25, 0.3) is 0 Å². The summed E-state index contributed by atoms with van der Waals surface area (Å²) in [5, 5.41) is 12.2. The highest BCUT2D eigenvalue weighted by molar-refractivity contribution is 5.93. The summed E-state index contributed by atoms with van der Waals surface area (Å²) in [5.74, 6) is -1.22. The summed E-state index contributed by atoms with van der Waals surface area (Å²) in [6.45, 7) is 4.05. The number of benzene rings is 1. The third kappa shape index (κ3) is 6.36. The molecule has 2 rings (SSSR count). The second kappa shape index (κ2) is 9.39. The van der Waals surface area contributed by atoms with Gasteiger partial charge in [0.05, 0.1) is 13.0 Å². The molecule has 7 heteroatoms. The predicted octanol–water partition coefficient (Wildman–Crippen LogP) is 1.36. The average Bonchev–Trinajstić information content (AvgIpc) is 2.79. The fourth-order valence-electron chi connectivity index (χ4n) is 2.93. The van der Waals surface area contributed by atoms with Crippen LogP contribution in [-0.2, 0) is 9.59 Å². The largest absolute Gasteiger partial charge is 0.497 e. The van der Waals surface area contributed by atoms with Crippen molar-refractivity contribution in [2.75, 3.05) is 52.2 Å². The van der Waals surface area contributed by atoms with Gasteiger partial charge in [-0.1, -0.05) is 0 Å². The van der Waals surface area contributed by atoms with Gasteiger partial charge in [-0.05, 0) is 50.8 Å². The zero-order chi connectivity index (χ0) is 18.2. The Balaban J connectivity index is 1.88. The third-order valence-corrected chi connectivity index (χ3v) is 4.45. The Hall–Kier alpha value is -2.12. The maximum atomic E-state index is 12.2. The first kappa shape index (κ1) is 19.2. The lowest BCUT2D eigenvalue weighted by molar-refractivity contribution is -0.144. The van der Waals surface area contributed by atoms with Crippen molar-refractivity contribution in [2.45, 2.75) is 12.8 Å². The van der Waals surface area contributed by atoms with Crippen LogP contribution in [0.5, 0.6) is 5.75 Å². The van der Waals surface area contributed by atoms with E-state index in [1.165, 1.54) is 0 Å². The van der Waals surface area contributed by atoms with E-state index in [9.17, 15) is 14.7 Å². The van der Waals surface area contributed by atoms with Crippen LogP contribution in [0, 0.1) is 5.92 Å². The van der Waals surface area contributed by atoms with Crippen LogP contribution in [0.25, 0.3) is 0 Å². The number of hydrogen-bond donors (Lipinski definition) is 2. The molecule has 0 aliphatic carbocycles. The number of likely N-dealkylation sites (N-methyl/N-ethyl adjacent to an activating group) is 1. The molecule has 0 aromatic heterocycles. The van der Waals surface area contributed by atoms with E-state index in [2.05, 4.69) is 22.2 Å². The van der Waals surface area contributed by atoms with Gasteiger partial charge < -0.3 is 25.0 Å². The zero-order valence-corrected chi connectivity index (χ0v) is 14.9. The lowest BCUT2D eigenvalue weighted by Gasteiger charge is -2.23. The molecule has 0 spiro atoms. The van der Waals surface area contributed by atoms with Gasteiger partial charge in [-0.15, -0.1) is 0 Å². The van der Waals surface area contributed by atoms with Crippen LogP contribution in [0.4, 0.5) is 5.69 Å². The molecule has 138 valence electrons. The number of hydrogen-bond acceptors (Lipinski definition) is 5. The lowest BCUT2D eigenvalue weighted by atomic mass is 10.0. The summed E-state index contributed by atoms with van der Waals surface area (Å²) in [4.78, 5) is 28.2. The van der Waals surface area contributed by atoms with Gasteiger partial charge in [-0.2, -0.15) is 0 Å². The number of rotatable bonds is 7. The highest BCUT2D eigenvalue weighted by Crippen LogP contribution is 2.16. The number of carbonyl (C=O) groups excluding carboxylic acids is 1. The first-order chi connectivity index (χ1) is 12.0. The highest BCUT2D eigenvalue weighted by Gasteiger charge is 2.25. The molecule has 0 saturated carbocycles. The standard InChI is InChI=1S/C18H27N3O4/c1-20-8-3-9-21(11-10-20)13-14(18(23)24)12-17(22)19-15-4-6-16(25-2)7-5-15/h4-7,14H,3,8-13H2,1-2H3,(H,19,22)(H,23,24). The van der Waals surface area contributed by atoms with Crippen molar-refractivity contribution in [3.8, 4) is 5.75 Å². The molecular weight excluding hydrogens is 322 g/mol. The topological polar surface area (TPSA) is 82.1 Å². The van der Waals surface area contributed by atoms with Crippen molar-refractivity contribution in [2.24, 2.45) is 5.92 Å². The minimum atomic E-state index is -0.928. The van der Waals surface area contributed by atoms with Gasteiger partial charge in [-0.3, -0.25) is 9.59 Å².